The summed E-state index contributed by atoms with van der Waals surface area (Å²) in [5.74, 6) is 1.04. The third-order valence-electron chi connectivity index (χ3n) is 4.58. The van der Waals surface area contributed by atoms with Crippen LogP contribution in [0.1, 0.15) is 44.2 Å². The van der Waals surface area contributed by atoms with Gasteiger partial charge in [0.1, 0.15) is 0 Å². The lowest BCUT2D eigenvalue weighted by atomic mass is 10.1. The molecule has 1 amide bonds. The van der Waals surface area contributed by atoms with Gasteiger partial charge in [0.25, 0.3) is 0 Å². The third-order valence-corrected chi connectivity index (χ3v) is 4.58. The van der Waals surface area contributed by atoms with E-state index in [-0.39, 0.29) is 5.91 Å². The number of likely N-dealkylation sites (tertiary alicyclic amines) is 1. The predicted octanol–water partition coefficient (Wildman–Crippen LogP) is 1.68. The Kier molecular flexibility index (Phi) is 5.02. The van der Waals surface area contributed by atoms with Crippen LogP contribution in [0, 0.1) is 0 Å². The molecule has 0 spiro atoms. The maximum atomic E-state index is 11.9. The van der Waals surface area contributed by atoms with Crippen molar-refractivity contribution in [3.8, 4) is 0 Å². The van der Waals surface area contributed by atoms with Crippen LogP contribution in [0.15, 0.2) is 35.5 Å². The maximum Gasteiger partial charge on any atom is 0.443 e. The Labute approximate surface area is 143 Å². The summed E-state index contributed by atoms with van der Waals surface area (Å²) in [7, 11) is 0. The Balaban J connectivity index is 1.66. The average Bonchev–Trinajstić information content (AvgIpc) is 3.00. The molecule has 24 heavy (non-hydrogen) atoms. The number of hydrogen-bond acceptors (Lipinski definition) is 3. The van der Waals surface area contributed by atoms with Crippen LogP contribution in [0.2, 0.25) is 0 Å². The first-order chi connectivity index (χ1) is 11.7. The van der Waals surface area contributed by atoms with Crippen LogP contribution < -0.4 is 15.3 Å². The van der Waals surface area contributed by atoms with Gasteiger partial charge in [0, 0.05) is 25.1 Å². The second-order valence-electron chi connectivity index (χ2n) is 6.29. The molecular formula is C19H25N4O+. The smallest absolute Gasteiger partial charge is 0.338 e. The van der Waals surface area contributed by atoms with Crippen molar-refractivity contribution in [1.82, 2.24) is 20.2 Å². The molecule has 0 radical (unpaired) electrons. The number of benzene rings is 1. The van der Waals surface area contributed by atoms with Crippen molar-refractivity contribution in [2.24, 2.45) is 0 Å². The lowest BCUT2D eigenvalue weighted by Crippen LogP contribution is -2.40. The van der Waals surface area contributed by atoms with E-state index in [4.69, 9.17) is 0 Å². The number of amides is 1. The summed E-state index contributed by atoms with van der Waals surface area (Å²) >= 11 is 0. The standard InChI is InChI=1S/C19H24N4O/c1-3-17-14(2)11-20-19(22-17)21-12-15-7-4-5-8-16(15)13-23-10-6-9-18(23)24/h4-5,7-8,11H,3,6,9-10,12-13H2,1-2H3,(H,20,21,22)/p+1. The summed E-state index contributed by atoms with van der Waals surface area (Å²) in [6.07, 6.45) is 4.51. The van der Waals surface area contributed by atoms with Crippen molar-refractivity contribution < 1.29 is 4.79 Å². The van der Waals surface area contributed by atoms with E-state index in [2.05, 4.69) is 41.3 Å². The Bertz CT molecular complexity index is 729. The van der Waals surface area contributed by atoms with E-state index >= 15 is 0 Å². The predicted molar refractivity (Wildman–Crippen MR) is 97.3 cm³/mol. The zero-order valence-electron chi connectivity index (χ0n) is 14.4. The zero-order chi connectivity index (χ0) is 16.9. The summed E-state index contributed by atoms with van der Waals surface area (Å²) in [4.78, 5) is 13.8. The third kappa shape index (κ3) is 3.69. The van der Waals surface area contributed by atoms with Gasteiger partial charge in [0.15, 0.2) is 6.21 Å². The molecule has 1 aromatic rings. The number of carbonyl (C=O) groups is 1. The molecule has 2 heterocycles. The highest BCUT2D eigenvalue weighted by Gasteiger charge is 2.21. The highest BCUT2D eigenvalue weighted by Crippen LogP contribution is 2.17. The van der Waals surface area contributed by atoms with Crippen molar-refractivity contribution in [3.63, 3.8) is 0 Å². The number of nitrogens with zero attached hydrogens (tertiary/aromatic N) is 2. The fraction of sp³-hybridized carbons (Fsp3) is 0.421. The van der Waals surface area contributed by atoms with Gasteiger partial charge in [-0.15, -0.1) is 0 Å². The van der Waals surface area contributed by atoms with Crippen LogP contribution >= 0.6 is 0 Å². The second kappa shape index (κ2) is 7.37. The van der Waals surface area contributed by atoms with Gasteiger partial charge in [-0.3, -0.25) is 10.1 Å². The van der Waals surface area contributed by atoms with Gasteiger partial charge in [-0.1, -0.05) is 31.2 Å². The molecule has 0 bridgehead atoms. The summed E-state index contributed by atoms with van der Waals surface area (Å²) < 4.78 is 4.42. The lowest BCUT2D eigenvalue weighted by Gasteiger charge is -2.18. The summed E-state index contributed by atoms with van der Waals surface area (Å²) in [6, 6.07) is 8.28. The molecule has 1 fully saturated rings. The highest BCUT2D eigenvalue weighted by molar-refractivity contribution is 5.91. The molecule has 0 unspecified atom stereocenters. The number of guanidine groups is 1. The first kappa shape index (κ1) is 16.3. The molecule has 2 N–H and O–H groups in total. The average molecular weight is 325 g/mol. The quantitative estimate of drug-likeness (QED) is 0.810. The number of hydrogen-bond donors (Lipinski definition) is 2. The molecule has 5 nitrogen and oxygen atoms in total. The molecule has 1 aromatic carbocycles. The van der Waals surface area contributed by atoms with E-state index in [9.17, 15) is 4.79 Å². The van der Waals surface area contributed by atoms with Gasteiger partial charge < -0.3 is 4.90 Å². The molecule has 0 atom stereocenters. The first-order valence-electron chi connectivity index (χ1n) is 8.63. The van der Waals surface area contributed by atoms with Crippen LogP contribution in [0.5, 0.6) is 0 Å². The van der Waals surface area contributed by atoms with Gasteiger partial charge in [0.2, 0.25) is 5.91 Å². The van der Waals surface area contributed by atoms with Crippen molar-refractivity contribution in [3.05, 3.63) is 46.7 Å². The van der Waals surface area contributed by atoms with Gasteiger partial charge in [-0.05, 0) is 30.9 Å². The topological polar surface area (TPSA) is 58.5 Å². The van der Waals surface area contributed by atoms with E-state index in [1.54, 1.807) is 0 Å². The monoisotopic (exact) mass is 325 g/mol. The van der Waals surface area contributed by atoms with Gasteiger partial charge >= 0.3 is 5.96 Å². The minimum atomic E-state index is 0.263. The van der Waals surface area contributed by atoms with E-state index in [1.165, 1.54) is 22.4 Å². The van der Waals surface area contributed by atoms with Gasteiger partial charge in [-0.25, -0.2) is 9.98 Å². The van der Waals surface area contributed by atoms with E-state index in [0.717, 1.165) is 25.3 Å². The van der Waals surface area contributed by atoms with Crippen molar-refractivity contribution in [1.29, 1.82) is 0 Å². The van der Waals surface area contributed by atoms with Gasteiger partial charge in [0.05, 0.1) is 12.2 Å². The summed E-state index contributed by atoms with van der Waals surface area (Å²) in [6.45, 7) is 6.45. The van der Waals surface area contributed by atoms with E-state index in [1.807, 2.05) is 23.2 Å². The minimum absolute atomic E-state index is 0.263. The number of nitrogens with one attached hydrogen (secondary N) is 2. The Hall–Kier alpha value is -2.52. The molecule has 3 rings (SSSR count). The van der Waals surface area contributed by atoms with Crippen LogP contribution in [0.3, 0.4) is 0 Å². The van der Waals surface area contributed by atoms with Gasteiger partial charge in [-0.2, -0.15) is 0 Å². The number of carbonyl (C=O) groups excluding carboxylic acids is 1. The number of rotatable bonds is 5. The molecule has 1 saturated heterocycles. The first-order valence-corrected chi connectivity index (χ1v) is 8.63. The van der Waals surface area contributed by atoms with Crippen LogP contribution in [-0.4, -0.2) is 29.5 Å². The fourth-order valence-electron chi connectivity index (χ4n) is 3.11. The molecule has 0 aromatic heterocycles. The van der Waals surface area contributed by atoms with Crippen molar-refractivity contribution in [2.75, 3.05) is 6.54 Å². The summed E-state index contributed by atoms with van der Waals surface area (Å²) in [5, 5.41) is 6.71. The molecule has 5 heteroatoms. The molecular weight excluding hydrogens is 300 g/mol. The Morgan fingerprint density at radius 1 is 1.29 bits per heavy atom. The molecule has 126 valence electrons. The number of allylic oxidation sites excluding steroid dienone is 2. The normalized spacial score (nSPS) is 17.2. The SMILES string of the molecule is CCC1=C(C)C=[N+]=C(NCc2ccccc2CN2CCCC2=O)N1. The van der Waals surface area contributed by atoms with Crippen LogP contribution in [-0.2, 0) is 17.9 Å². The molecule has 0 saturated carbocycles. The van der Waals surface area contributed by atoms with Crippen LogP contribution in [0.25, 0.3) is 0 Å². The fourth-order valence-corrected chi connectivity index (χ4v) is 3.11. The van der Waals surface area contributed by atoms with Crippen LogP contribution in [0.4, 0.5) is 0 Å². The maximum absolute atomic E-state index is 11.9. The highest BCUT2D eigenvalue weighted by atomic mass is 16.2. The van der Waals surface area contributed by atoms with Crippen molar-refractivity contribution >= 4 is 18.1 Å². The summed E-state index contributed by atoms with van der Waals surface area (Å²) in [5.41, 5.74) is 4.77. The molecule has 2 aliphatic rings. The van der Waals surface area contributed by atoms with Crippen molar-refractivity contribution in [2.45, 2.75) is 46.2 Å². The largest absolute Gasteiger partial charge is 0.443 e. The van der Waals surface area contributed by atoms with E-state index in [0.29, 0.717) is 19.5 Å². The molecule has 2 aliphatic heterocycles. The molecule has 0 aliphatic carbocycles. The Morgan fingerprint density at radius 3 is 2.79 bits per heavy atom. The Morgan fingerprint density at radius 2 is 2.08 bits per heavy atom. The lowest BCUT2D eigenvalue weighted by molar-refractivity contribution is -0.128. The minimum Gasteiger partial charge on any atom is -0.338 e. The second-order valence-corrected chi connectivity index (χ2v) is 6.29. The van der Waals surface area contributed by atoms with E-state index < -0.39 is 0 Å². The zero-order valence-corrected chi connectivity index (χ0v) is 14.4.